The maximum absolute atomic E-state index is 12.1. The molecule has 0 aromatic carbocycles. The third-order valence-electron chi connectivity index (χ3n) is 3.56. The predicted molar refractivity (Wildman–Crippen MR) is 78.3 cm³/mol. The molecule has 1 fully saturated rings. The number of hydrogen-bond acceptors (Lipinski definition) is 5. The minimum absolute atomic E-state index is 0.0504. The highest BCUT2D eigenvalue weighted by Crippen LogP contribution is 2.42. The minimum atomic E-state index is -0.633. The van der Waals surface area contributed by atoms with Crippen molar-refractivity contribution in [2.75, 3.05) is 12.8 Å². The van der Waals surface area contributed by atoms with Crippen LogP contribution >= 0.6 is 23.4 Å². The lowest BCUT2D eigenvalue weighted by Crippen LogP contribution is -2.45. The number of nitro groups is 1. The number of pyridine rings is 1. The van der Waals surface area contributed by atoms with Gasteiger partial charge in [0.2, 0.25) is 0 Å². The van der Waals surface area contributed by atoms with Gasteiger partial charge in [0.25, 0.3) is 11.6 Å². The topological polar surface area (TPSA) is 85.1 Å². The van der Waals surface area contributed by atoms with Gasteiger partial charge in [-0.2, -0.15) is 11.8 Å². The van der Waals surface area contributed by atoms with Crippen molar-refractivity contribution in [1.29, 1.82) is 0 Å². The molecule has 1 amide bonds. The number of nitrogens with zero attached hydrogens (tertiary/aromatic N) is 2. The van der Waals surface area contributed by atoms with E-state index in [1.165, 1.54) is 6.07 Å². The summed E-state index contributed by atoms with van der Waals surface area (Å²) in [5, 5.41) is 13.7. The first-order chi connectivity index (χ1) is 9.47. The second-order valence-electron chi connectivity index (χ2n) is 4.70. The molecule has 1 aromatic rings. The number of aromatic nitrogens is 1. The summed E-state index contributed by atoms with van der Waals surface area (Å²) in [7, 11) is 0. The Hall–Kier alpha value is -1.34. The van der Waals surface area contributed by atoms with Crippen molar-refractivity contribution in [2.45, 2.75) is 24.0 Å². The molecule has 20 heavy (non-hydrogen) atoms. The number of halogens is 1. The second-order valence-corrected chi connectivity index (χ2v) is 6.37. The average Bonchev–Trinajstić information content (AvgIpc) is 2.37. The normalized spacial score (nSPS) is 16.3. The maximum Gasteiger partial charge on any atom is 0.300 e. The lowest BCUT2D eigenvalue weighted by molar-refractivity contribution is -0.385. The van der Waals surface area contributed by atoms with Gasteiger partial charge in [-0.15, -0.1) is 0 Å². The van der Waals surface area contributed by atoms with E-state index in [-0.39, 0.29) is 21.2 Å². The Balaban J connectivity index is 2.12. The van der Waals surface area contributed by atoms with Crippen LogP contribution in [0.15, 0.2) is 12.3 Å². The largest absolute Gasteiger partial charge is 0.350 e. The Bertz CT molecular complexity index is 543. The van der Waals surface area contributed by atoms with E-state index in [1.807, 2.05) is 6.26 Å². The molecular weight excluding hydrogens is 302 g/mol. The zero-order valence-electron chi connectivity index (χ0n) is 10.9. The monoisotopic (exact) mass is 315 g/mol. The minimum Gasteiger partial charge on any atom is -0.350 e. The molecule has 1 aliphatic carbocycles. The van der Waals surface area contributed by atoms with Gasteiger partial charge in [0.1, 0.15) is 16.9 Å². The van der Waals surface area contributed by atoms with Gasteiger partial charge in [0.15, 0.2) is 0 Å². The first-order valence-electron chi connectivity index (χ1n) is 6.11. The van der Waals surface area contributed by atoms with Crippen LogP contribution in [0.25, 0.3) is 0 Å². The fourth-order valence-corrected chi connectivity index (χ4v) is 3.18. The zero-order valence-corrected chi connectivity index (χ0v) is 12.5. The molecule has 1 heterocycles. The molecule has 0 atom stereocenters. The highest BCUT2D eigenvalue weighted by Gasteiger charge is 2.36. The molecule has 0 saturated heterocycles. The van der Waals surface area contributed by atoms with Crippen molar-refractivity contribution in [3.05, 3.63) is 33.1 Å². The summed E-state index contributed by atoms with van der Waals surface area (Å²) >= 11 is 7.43. The van der Waals surface area contributed by atoms with Crippen LogP contribution in [0.3, 0.4) is 0 Å². The summed E-state index contributed by atoms with van der Waals surface area (Å²) in [5.41, 5.74) is -0.385. The summed E-state index contributed by atoms with van der Waals surface area (Å²) < 4.78 is 0.0707. The summed E-state index contributed by atoms with van der Waals surface area (Å²) in [6, 6.07) is 1.22. The van der Waals surface area contributed by atoms with Gasteiger partial charge in [0.05, 0.1) is 4.92 Å². The first kappa shape index (κ1) is 15.1. The molecular formula is C12H14ClN3O3S. The number of amides is 1. The molecule has 1 aromatic heterocycles. The molecule has 8 heteroatoms. The van der Waals surface area contributed by atoms with E-state index >= 15 is 0 Å². The molecule has 0 spiro atoms. The molecule has 0 radical (unpaired) electrons. The molecule has 108 valence electrons. The van der Waals surface area contributed by atoms with Crippen LogP contribution in [-0.4, -0.2) is 33.4 Å². The van der Waals surface area contributed by atoms with Gasteiger partial charge in [-0.3, -0.25) is 14.9 Å². The molecule has 1 N–H and O–H groups in total. The van der Waals surface area contributed by atoms with E-state index in [4.69, 9.17) is 11.6 Å². The van der Waals surface area contributed by atoms with E-state index < -0.39 is 10.8 Å². The van der Waals surface area contributed by atoms with Crippen LogP contribution < -0.4 is 5.32 Å². The van der Waals surface area contributed by atoms with E-state index in [9.17, 15) is 14.9 Å². The molecule has 1 aliphatic rings. The van der Waals surface area contributed by atoms with Gasteiger partial charge < -0.3 is 5.32 Å². The predicted octanol–water partition coefficient (Wildman–Crippen LogP) is 2.66. The molecule has 2 rings (SSSR count). The highest BCUT2D eigenvalue weighted by atomic mass is 35.5. The lowest BCUT2D eigenvalue weighted by atomic mass is 9.84. The summed E-state index contributed by atoms with van der Waals surface area (Å²) in [6.45, 7) is 0.504. The summed E-state index contributed by atoms with van der Waals surface area (Å²) in [4.78, 5) is 26.0. The molecule has 0 unspecified atom stereocenters. The van der Waals surface area contributed by atoms with Gasteiger partial charge in [-0.25, -0.2) is 4.98 Å². The Morgan fingerprint density at radius 3 is 2.85 bits per heavy atom. The second kappa shape index (κ2) is 5.97. The van der Waals surface area contributed by atoms with Crippen LogP contribution in [0.4, 0.5) is 5.69 Å². The zero-order chi connectivity index (χ0) is 14.8. The maximum atomic E-state index is 12.1. The summed E-state index contributed by atoms with van der Waals surface area (Å²) in [5.74, 6) is -0.485. The van der Waals surface area contributed by atoms with Gasteiger partial charge in [-0.05, 0) is 25.2 Å². The number of nitrogens with one attached hydrogen (secondary N) is 1. The van der Waals surface area contributed by atoms with Crippen molar-refractivity contribution < 1.29 is 9.72 Å². The van der Waals surface area contributed by atoms with Crippen LogP contribution in [0.5, 0.6) is 0 Å². The number of carbonyl (C=O) groups excluding carboxylic acids is 1. The van der Waals surface area contributed by atoms with Crippen LogP contribution in [-0.2, 0) is 0 Å². The van der Waals surface area contributed by atoms with Crippen LogP contribution in [0, 0.1) is 10.1 Å². The molecule has 1 saturated carbocycles. The Labute approximate surface area is 125 Å². The third-order valence-corrected chi connectivity index (χ3v) is 5.19. The lowest BCUT2D eigenvalue weighted by Gasteiger charge is -2.40. The highest BCUT2D eigenvalue weighted by molar-refractivity contribution is 8.00. The molecule has 0 bridgehead atoms. The number of carbonyl (C=O) groups is 1. The number of hydrogen-bond donors (Lipinski definition) is 1. The van der Waals surface area contributed by atoms with Crippen molar-refractivity contribution in [3.63, 3.8) is 0 Å². The van der Waals surface area contributed by atoms with Crippen molar-refractivity contribution in [3.8, 4) is 0 Å². The third kappa shape index (κ3) is 3.04. The van der Waals surface area contributed by atoms with E-state index in [0.29, 0.717) is 6.54 Å². The van der Waals surface area contributed by atoms with Crippen molar-refractivity contribution in [2.24, 2.45) is 0 Å². The fourth-order valence-electron chi connectivity index (χ4n) is 2.11. The van der Waals surface area contributed by atoms with Crippen molar-refractivity contribution in [1.82, 2.24) is 10.3 Å². The van der Waals surface area contributed by atoms with E-state index in [0.717, 1.165) is 25.5 Å². The van der Waals surface area contributed by atoms with Gasteiger partial charge in [-0.1, -0.05) is 18.0 Å². The van der Waals surface area contributed by atoms with Crippen LogP contribution in [0.2, 0.25) is 5.15 Å². The van der Waals surface area contributed by atoms with Crippen LogP contribution in [0.1, 0.15) is 29.6 Å². The van der Waals surface area contributed by atoms with Crippen molar-refractivity contribution >= 4 is 35.0 Å². The Morgan fingerprint density at radius 2 is 2.35 bits per heavy atom. The first-order valence-corrected chi connectivity index (χ1v) is 7.71. The summed E-state index contributed by atoms with van der Waals surface area (Å²) in [6.07, 6.45) is 6.27. The van der Waals surface area contributed by atoms with E-state index in [1.54, 1.807) is 11.8 Å². The quantitative estimate of drug-likeness (QED) is 0.513. The van der Waals surface area contributed by atoms with Gasteiger partial charge in [0, 0.05) is 11.3 Å². The average molecular weight is 316 g/mol. The van der Waals surface area contributed by atoms with Gasteiger partial charge >= 0.3 is 0 Å². The number of rotatable bonds is 5. The molecule has 0 aliphatic heterocycles. The standard InChI is InChI=1S/C12H14ClN3O3S/c1-20-12(3-2-4-12)7-15-11(17)8-5-10(13)14-6-9(8)16(18)19/h5-6H,2-4,7H2,1H3,(H,15,17). The SMILES string of the molecule is CSC1(CNC(=O)c2cc(Cl)ncc2[N+](=O)[O-])CCC1. The Kier molecular flexibility index (Phi) is 4.49. The van der Waals surface area contributed by atoms with E-state index in [2.05, 4.69) is 10.3 Å². The Morgan fingerprint density at radius 1 is 1.65 bits per heavy atom. The number of thioether (sulfide) groups is 1. The smallest absolute Gasteiger partial charge is 0.300 e. The fraction of sp³-hybridized carbons (Fsp3) is 0.500. The molecule has 6 nitrogen and oxygen atoms in total.